The lowest BCUT2D eigenvalue weighted by Gasteiger charge is -2.35. The van der Waals surface area contributed by atoms with Gasteiger partial charge in [0.2, 0.25) is 0 Å². The molecular formula is C15H23N5. The molecule has 3 rings (SSSR count). The summed E-state index contributed by atoms with van der Waals surface area (Å²) in [6.45, 7) is 7.98. The summed E-state index contributed by atoms with van der Waals surface area (Å²) in [6, 6.07) is 2.67. The Labute approximate surface area is 119 Å². The number of aromatic nitrogens is 3. The van der Waals surface area contributed by atoms with Crippen LogP contribution in [0.25, 0.3) is 11.0 Å². The number of aromatic amines is 1. The molecule has 0 aliphatic carbocycles. The zero-order chi connectivity index (χ0) is 13.9. The largest absolute Gasteiger partial charge is 0.369 e. The molecule has 3 heterocycles. The maximum Gasteiger partial charge on any atom is 0.142 e. The van der Waals surface area contributed by atoms with Crippen LogP contribution in [-0.4, -0.2) is 45.5 Å². The molecule has 1 aliphatic heterocycles. The number of hydrogen-bond acceptors (Lipinski definition) is 4. The van der Waals surface area contributed by atoms with Gasteiger partial charge in [-0.05, 0) is 45.2 Å². The van der Waals surface area contributed by atoms with Gasteiger partial charge in [-0.3, -0.25) is 0 Å². The van der Waals surface area contributed by atoms with Gasteiger partial charge in [0.1, 0.15) is 17.8 Å². The van der Waals surface area contributed by atoms with E-state index in [0.717, 1.165) is 23.4 Å². The predicted molar refractivity (Wildman–Crippen MR) is 81.8 cm³/mol. The summed E-state index contributed by atoms with van der Waals surface area (Å²) in [4.78, 5) is 14.3. The predicted octanol–water partition coefficient (Wildman–Crippen LogP) is 2.49. The number of nitrogens with zero attached hydrogens (tertiary/aromatic N) is 3. The van der Waals surface area contributed by atoms with Crippen molar-refractivity contribution in [2.45, 2.75) is 32.7 Å². The first-order chi connectivity index (χ1) is 9.74. The monoisotopic (exact) mass is 273 g/mol. The lowest BCUT2D eigenvalue weighted by molar-refractivity contribution is 0.145. The average molecular weight is 273 g/mol. The maximum absolute atomic E-state index is 4.36. The second-order valence-corrected chi connectivity index (χ2v) is 5.94. The Morgan fingerprint density at radius 1 is 1.45 bits per heavy atom. The Bertz CT molecular complexity index is 562. The highest BCUT2D eigenvalue weighted by Crippen LogP contribution is 2.21. The van der Waals surface area contributed by atoms with Crippen LogP contribution in [0.1, 0.15) is 26.7 Å². The Morgan fingerprint density at radius 3 is 3.20 bits per heavy atom. The second-order valence-electron chi connectivity index (χ2n) is 5.94. The molecule has 2 aromatic heterocycles. The highest BCUT2D eigenvalue weighted by atomic mass is 15.2. The summed E-state index contributed by atoms with van der Waals surface area (Å²) in [5, 5.41) is 4.58. The van der Waals surface area contributed by atoms with E-state index in [1.165, 1.54) is 25.9 Å². The van der Waals surface area contributed by atoms with Crippen LogP contribution < -0.4 is 5.32 Å². The van der Waals surface area contributed by atoms with E-state index < -0.39 is 0 Å². The molecule has 0 spiro atoms. The number of rotatable bonds is 4. The van der Waals surface area contributed by atoms with Crippen LogP contribution in [0, 0.1) is 5.92 Å². The Balaban J connectivity index is 1.63. The molecule has 0 amide bonds. The van der Waals surface area contributed by atoms with Crippen LogP contribution in [-0.2, 0) is 0 Å². The van der Waals surface area contributed by atoms with Crippen LogP contribution in [0.3, 0.4) is 0 Å². The van der Waals surface area contributed by atoms with Crippen molar-refractivity contribution in [2.24, 2.45) is 5.92 Å². The van der Waals surface area contributed by atoms with Crippen LogP contribution in [0.2, 0.25) is 0 Å². The molecule has 20 heavy (non-hydrogen) atoms. The summed E-state index contributed by atoms with van der Waals surface area (Å²) < 4.78 is 0. The quantitative estimate of drug-likeness (QED) is 0.898. The van der Waals surface area contributed by atoms with E-state index in [2.05, 4.69) is 39.0 Å². The highest BCUT2D eigenvalue weighted by Gasteiger charge is 2.21. The number of likely N-dealkylation sites (tertiary alicyclic amines) is 1. The van der Waals surface area contributed by atoms with Gasteiger partial charge in [-0.1, -0.05) is 0 Å². The van der Waals surface area contributed by atoms with Crippen molar-refractivity contribution in [1.82, 2.24) is 19.9 Å². The van der Waals surface area contributed by atoms with E-state index in [9.17, 15) is 0 Å². The van der Waals surface area contributed by atoms with E-state index in [1.807, 2.05) is 12.3 Å². The molecule has 2 aromatic rings. The minimum absolute atomic E-state index is 0.647. The fourth-order valence-corrected chi connectivity index (χ4v) is 2.99. The summed E-state index contributed by atoms with van der Waals surface area (Å²) in [7, 11) is 0. The molecule has 5 heteroatoms. The van der Waals surface area contributed by atoms with Crippen LogP contribution in [0.5, 0.6) is 0 Å². The standard InChI is InChI=1S/C15H23N5/c1-11(2)20-7-3-4-12(9-20)8-17-15-13-5-6-16-14(13)18-10-19-15/h5-6,10-12H,3-4,7-9H2,1-2H3,(H2,16,17,18,19)/t12-/m1/s1. The van der Waals surface area contributed by atoms with E-state index in [0.29, 0.717) is 12.0 Å². The molecule has 2 N–H and O–H groups in total. The molecule has 1 saturated heterocycles. The lowest BCUT2D eigenvalue weighted by Crippen LogP contribution is -2.41. The summed E-state index contributed by atoms with van der Waals surface area (Å²) in [5.41, 5.74) is 0.898. The van der Waals surface area contributed by atoms with Gasteiger partial charge in [0.05, 0.1) is 5.39 Å². The zero-order valence-electron chi connectivity index (χ0n) is 12.3. The van der Waals surface area contributed by atoms with Gasteiger partial charge >= 0.3 is 0 Å². The van der Waals surface area contributed by atoms with Crippen molar-refractivity contribution in [3.8, 4) is 0 Å². The topological polar surface area (TPSA) is 56.8 Å². The van der Waals surface area contributed by atoms with E-state index in [-0.39, 0.29) is 0 Å². The lowest BCUT2D eigenvalue weighted by atomic mass is 9.97. The van der Waals surface area contributed by atoms with Crippen molar-refractivity contribution >= 4 is 16.9 Å². The van der Waals surface area contributed by atoms with Gasteiger partial charge in [-0.15, -0.1) is 0 Å². The normalized spacial score (nSPS) is 20.6. The first-order valence-corrected chi connectivity index (χ1v) is 7.50. The second kappa shape index (κ2) is 5.79. The van der Waals surface area contributed by atoms with E-state index in [1.54, 1.807) is 6.33 Å². The molecule has 108 valence electrons. The number of H-pyrrole nitrogens is 1. The first-order valence-electron chi connectivity index (χ1n) is 7.50. The maximum atomic E-state index is 4.36. The number of anilines is 1. The van der Waals surface area contributed by atoms with Gasteiger partial charge in [-0.2, -0.15) is 0 Å². The van der Waals surface area contributed by atoms with Crippen molar-refractivity contribution in [3.05, 3.63) is 18.6 Å². The summed E-state index contributed by atoms with van der Waals surface area (Å²) in [6.07, 6.45) is 6.12. The van der Waals surface area contributed by atoms with Crippen molar-refractivity contribution < 1.29 is 0 Å². The molecule has 0 radical (unpaired) electrons. The third kappa shape index (κ3) is 2.77. The van der Waals surface area contributed by atoms with Gasteiger partial charge in [0.25, 0.3) is 0 Å². The molecule has 0 saturated carbocycles. The van der Waals surface area contributed by atoms with E-state index >= 15 is 0 Å². The molecule has 1 fully saturated rings. The van der Waals surface area contributed by atoms with Crippen LogP contribution >= 0.6 is 0 Å². The fourth-order valence-electron chi connectivity index (χ4n) is 2.99. The summed E-state index contributed by atoms with van der Waals surface area (Å²) in [5.74, 6) is 1.65. The minimum Gasteiger partial charge on any atom is -0.369 e. The van der Waals surface area contributed by atoms with Gasteiger partial charge < -0.3 is 15.2 Å². The zero-order valence-corrected chi connectivity index (χ0v) is 12.3. The smallest absolute Gasteiger partial charge is 0.142 e. The minimum atomic E-state index is 0.647. The summed E-state index contributed by atoms with van der Waals surface area (Å²) >= 11 is 0. The molecule has 0 unspecified atom stereocenters. The molecule has 0 bridgehead atoms. The third-order valence-electron chi connectivity index (χ3n) is 4.19. The van der Waals surface area contributed by atoms with Gasteiger partial charge in [0, 0.05) is 25.3 Å². The molecular weight excluding hydrogens is 250 g/mol. The van der Waals surface area contributed by atoms with Gasteiger partial charge in [0.15, 0.2) is 0 Å². The Kier molecular flexibility index (Phi) is 3.87. The van der Waals surface area contributed by atoms with Crippen molar-refractivity contribution in [3.63, 3.8) is 0 Å². The number of hydrogen-bond donors (Lipinski definition) is 2. The average Bonchev–Trinajstić information content (AvgIpc) is 2.94. The number of nitrogens with one attached hydrogen (secondary N) is 2. The number of fused-ring (bicyclic) bond motifs is 1. The van der Waals surface area contributed by atoms with Crippen molar-refractivity contribution in [2.75, 3.05) is 25.0 Å². The van der Waals surface area contributed by atoms with Crippen molar-refractivity contribution in [1.29, 1.82) is 0 Å². The number of piperidine rings is 1. The Morgan fingerprint density at radius 2 is 2.35 bits per heavy atom. The van der Waals surface area contributed by atoms with Gasteiger partial charge in [-0.25, -0.2) is 9.97 Å². The first kappa shape index (κ1) is 13.4. The third-order valence-corrected chi connectivity index (χ3v) is 4.19. The fraction of sp³-hybridized carbons (Fsp3) is 0.600. The SMILES string of the molecule is CC(C)N1CCC[C@H](CNc2ncnc3[nH]ccc23)C1. The van der Waals surface area contributed by atoms with Crippen LogP contribution in [0.4, 0.5) is 5.82 Å². The Hall–Kier alpha value is -1.62. The highest BCUT2D eigenvalue weighted by molar-refractivity contribution is 5.86. The van der Waals surface area contributed by atoms with Crippen LogP contribution in [0.15, 0.2) is 18.6 Å². The van der Waals surface area contributed by atoms with E-state index in [4.69, 9.17) is 0 Å². The molecule has 1 atom stereocenters. The molecule has 0 aromatic carbocycles. The molecule has 1 aliphatic rings. The molecule has 5 nitrogen and oxygen atoms in total.